The lowest BCUT2D eigenvalue weighted by Crippen LogP contribution is -2.39. The molecule has 0 aromatic carbocycles. The Bertz CT molecular complexity index is 395. The number of ether oxygens (including phenoxy) is 1. The highest BCUT2D eigenvalue weighted by atomic mass is 16.5. The van der Waals surface area contributed by atoms with Gasteiger partial charge in [0, 0.05) is 19.0 Å². The largest absolute Gasteiger partial charge is 0.374 e. The summed E-state index contributed by atoms with van der Waals surface area (Å²) in [6.07, 6.45) is 3.62. The summed E-state index contributed by atoms with van der Waals surface area (Å²) in [5, 5.41) is 7.89. The normalized spacial score (nSPS) is 13.9. The van der Waals surface area contributed by atoms with Crippen LogP contribution in [0.5, 0.6) is 0 Å². The van der Waals surface area contributed by atoms with Gasteiger partial charge >= 0.3 is 0 Å². The third-order valence-corrected chi connectivity index (χ3v) is 3.06. The van der Waals surface area contributed by atoms with Crippen molar-refractivity contribution >= 4 is 0 Å². The zero-order valence-electron chi connectivity index (χ0n) is 14.5. The van der Waals surface area contributed by atoms with Crippen molar-refractivity contribution in [2.24, 2.45) is 5.92 Å². The van der Waals surface area contributed by atoms with Crippen molar-refractivity contribution < 1.29 is 4.74 Å². The van der Waals surface area contributed by atoms with Crippen LogP contribution in [0.1, 0.15) is 53.8 Å². The first-order valence-electron chi connectivity index (χ1n) is 8.05. The summed E-state index contributed by atoms with van der Waals surface area (Å²) in [7, 11) is 0. The number of rotatable bonds is 9. The molecule has 0 fully saturated rings. The smallest absolute Gasteiger partial charge is 0.138 e. The number of nitrogens with zero attached hydrogens (tertiary/aromatic N) is 3. The first-order valence-corrected chi connectivity index (χ1v) is 8.05. The standard InChI is InChI=1S/C16H32N4O/c1-7-8-17-14(11-21-16(4,5)6)9-15-18-12-19-20(15)10-13(2)3/h12-14,17H,7-11H2,1-6H3. The summed E-state index contributed by atoms with van der Waals surface area (Å²) >= 11 is 0. The minimum Gasteiger partial charge on any atom is -0.374 e. The molecule has 0 amide bonds. The molecule has 0 bridgehead atoms. The SMILES string of the molecule is CCCNC(COC(C)(C)C)Cc1ncnn1CC(C)C. The quantitative estimate of drug-likeness (QED) is 0.761. The lowest BCUT2D eigenvalue weighted by molar-refractivity contribution is -0.0146. The molecule has 0 saturated carbocycles. The summed E-state index contributed by atoms with van der Waals surface area (Å²) in [5.41, 5.74) is -0.113. The maximum Gasteiger partial charge on any atom is 0.138 e. The molecule has 0 aliphatic carbocycles. The van der Waals surface area contributed by atoms with Gasteiger partial charge in [0.2, 0.25) is 0 Å². The van der Waals surface area contributed by atoms with Crippen molar-refractivity contribution in [1.29, 1.82) is 0 Å². The van der Waals surface area contributed by atoms with E-state index in [2.05, 4.69) is 56.9 Å². The fourth-order valence-corrected chi connectivity index (χ4v) is 2.05. The van der Waals surface area contributed by atoms with Gasteiger partial charge in [-0.25, -0.2) is 9.67 Å². The second kappa shape index (κ2) is 8.49. The minimum absolute atomic E-state index is 0.113. The average molecular weight is 296 g/mol. The lowest BCUT2D eigenvalue weighted by Gasteiger charge is -2.25. The highest BCUT2D eigenvalue weighted by Gasteiger charge is 2.18. The third kappa shape index (κ3) is 7.58. The van der Waals surface area contributed by atoms with Crippen molar-refractivity contribution in [2.45, 2.75) is 72.6 Å². The second-order valence-electron chi connectivity index (χ2n) is 7.03. The summed E-state index contributed by atoms with van der Waals surface area (Å²) in [6.45, 7) is 15.4. The third-order valence-electron chi connectivity index (χ3n) is 3.06. The zero-order valence-corrected chi connectivity index (χ0v) is 14.5. The van der Waals surface area contributed by atoms with E-state index in [-0.39, 0.29) is 11.6 Å². The van der Waals surface area contributed by atoms with Gasteiger partial charge in [0.25, 0.3) is 0 Å². The number of hydrogen-bond donors (Lipinski definition) is 1. The van der Waals surface area contributed by atoms with Gasteiger partial charge in [-0.15, -0.1) is 0 Å². The molecule has 0 aliphatic heterocycles. The van der Waals surface area contributed by atoms with Gasteiger partial charge in [-0.05, 0) is 39.7 Å². The fraction of sp³-hybridized carbons (Fsp3) is 0.875. The van der Waals surface area contributed by atoms with E-state index in [1.54, 1.807) is 6.33 Å². The maximum absolute atomic E-state index is 5.94. The van der Waals surface area contributed by atoms with Crippen LogP contribution in [-0.2, 0) is 17.7 Å². The van der Waals surface area contributed by atoms with E-state index in [4.69, 9.17) is 4.74 Å². The van der Waals surface area contributed by atoms with E-state index < -0.39 is 0 Å². The average Bonchev–Trinajstić information content (AvgIpc) is 2.78. The Kier molecular flexibility index (Phi) is 7.32. The van der Waals surface area contributed by atoms with Crippen LogP contribution in [0, 0.1) is 5.92 Å². The summed E-state index contributed by atoms with van der Waals surface area (Å²) in [6, 6.07) is 0.277. The molecule has 1 heterocycles. The van der Waals surface area contributed by atoms with Gasteiger partial charge < -0.3 is 10.1 Å². The van der Waals surface area contributed by atoms with Gasteiger partial charge in [-0.1, -0.05) is 20.8 Å². The minimum atomic E-state index is -0.113. The first kappa shape index (κ1) is 18.1. The highest BCUT2D eigenvalue weighted by molar-refractivity contribution is 4.90. The van der Waals surface area contributed by atoms with Gasteiger partial charge in [0.05, 0.1) is 12.2 Å². The van der Waals surface area contributed by atoms with E-state index in [1.807, 2.05) is 4.68 Å². The van der Waals surface area contributed by atoms with Crippen LogP contribution in [0.4, 0.5) is 0 Å². The number of hydrogen-bond acceptors (Lipinski definition) is 4. The molecular formula is C16H32N4O. The predicted octanol–water partition coefficient (Wildman–Crippen LogP) is 2.66. The monoisotopic (exact) mass is 296 g/mol. The van der Waals surface area contributed by atoms with E-state index in [1.165, 1.54) is 0 Å². The molecule has 5 nitrogen and oxygen atoms in total. The van der Waals surface area contributed by atoms with Crippen LogP contribution in [0.25, 0.3) is 0 Å². The molecule has 0 spiro atoms. The fourth-order valence-electron chi connectivity index (χ4n) is 2.05. The van der Waals surface area contributed by atoms with Crippen molar-refractivity contribution in [3.8, 4) is 0 Å². The molecule has 1 aromatic rings. The van der Waals surface area contributed by atoms with Crippen LogP contribution < -0.4 is 5.32 Å². The maximum atomic E-state index is 5.94. The Morgan fingerprint density at radius 2 is 2.05 bits per heavy atom. The molecule has 1 unspecified atom stereocenters. The zero-order chi connectivity index (χ0) is 15.9. The Morgan fingerprint density at radius 3 is 2.62 bits per heavy atom. The summed E-state index contributed by atoms with van der Waals surface area (Å²) in [5.74, 6) is 1.60. The van der Waals surface area contributed by atoms with E-state index >= 15 is 0 Å². The van der Waals surface area contributed by atoms with Crippen LogP contribution in [0.15, 0.2) is 6.33 Å². The molecule has 0 aliphatic rings. The topological polar surface area (TPSA) is 52.0 Å². The summed E-state index contributed by atoms with van der Waals surface area (Å²) in [4.78, 5) is 4.42. The van der Waals surface area contributed by atoms with Crippen molar-refractivity contribution in [3.63, 3.8) is 0 Å². The van der Waals surface area contributed by atoms with Crippen molar-refractivity contribution in [3.05, 3.63) is 12.2 Å². The Labute approximate surface area is 129 Å². The molecule has 21 heavy (non-hydrogen) atoms. The molecule has 5 heteroatoms. The van der Waals surface area contributed by atoms with Gasteiger partial charge in [0.15, 0.2) is 0 Å². The van der Waals surface area contributed by atoms with Gasteiger partial charge in [-0.2, -0.15) is 5.10 Å². The van der Waals surface area contributed by atoms with E-state index in [9.17, 15) is 0 Å². The molecule has 1 N–H and O–H groups in total. The highest BCUT2D eigenvalue weighted by Crippen LogP contribution is 2.10. The molecule has 1 atom stereocenters. The van der Waals surface area contributed by atoms with Gasteiger partial charge in [-0.3, -0.25) is 0 Å². The van der Waals surface area contributed by atoms with Crippen molar-refractivity contribution in [1.82, 2.24) is 20.1 Å². The molecule has 1 rings (SSSR count). The van der Waals surface area contributed by atoms with Crippen LogP contribution in [-0.4, -0.2) is 39.6 Å². The van der Waals surface area contributed by atoms with Crippen LogP contribution in [0.2, 0.25) is 0 Å². The van der Waals surface area contributed by atoms with Crippen LogP contribution >= 0.6 is 0 Å². The first-order chi connectivity index (χ1) is 9.81. The summed E-state index contributed by atoms with van der Waals surface area (Å²) < 4.78 is 7.95. The molecule has 1 aromatic heterocycles. The molecule has 0 radical (unpaired) electrons. The Balaban J connectivity index is 2.64. The second-order valence-corrected chi connectivity index (χ2v) is 7.03. The lowest BCUT2D eigenvalue weighted by atomic mass is 10.1. The van der Waals surface area contributed by atoms with E-state index in [0.29, 0.717) is 12.5 Å². The van der Waals surface area contributed by atoms with Crippen molar-refractivity contribution in [2.75, 3.05) is 13.2 Å². The Morgan fingerprint density at radius 1 is 1.33 bits per heavy atom. The molecular weight excluding hydrogens is 264 g/mol. The predicted molar refractivity (Wildman–Crippen MR) is 86.4 cm³/mol. The van der Waals surface area contributed by atoms with E-state index in [0.717, 1.165) is 31.8 Å². The number of nitrogens with one attached hydrogen (secondary N) is 1. The van der Waals surface area contributed by atoms with Crippen LogP contribution in [0.3, 0.4) is 0 Å². The van der Waals surface area contributed by atoms with Gasteiger partial charge in [0.1, 0.15) is 12.2 Å². The molecule has 0 saturated heterocycles. The Hall–Kier alpha value is -0.940. The molecule has 122 valence electrons. The number of aromatic nitrogens is 3.